The second-order valence-corrected chi connectivity index (χ2v) is 5.18. The van der Waals surface area contributed by atoms with Crippen molar-refractivity contribution >= 4 is 0 Å². The molecule has 2 rings (SSSR count). The van der Waals surface area contributed by atoms with Gasteiger partial charge in [0.25, 0.3) is 0 Å². The summed E-state index contributed by atoms with van der Waals surface area (Å²) in [6.07, 6.45) is 1.01. The number of hydrogen-bond donors (Lipinski definition) is 1. The zero-order valence-corrected chi connectivity index (χ0v) is 12.4. The summed E-state index contributed by atoms with van der Waals surface area (Å²) < 4.78 is 5.71. The first-order valence-corrected chi connectivity index (χ1v) is 7.20. The molecule has 0 unspecified atom stereocenters. The van der Waals surface area contributed by atoms with Gasteiger partial charge in [0.2, 0.25) is 0 Å². The summed E-state index contributed by atoms with van der Waals surface area (Å²) in [6, 6.07) is 16.8. The van der Waals surface area contributed by atoms with Gasteiger partial charge in [0.05, 0.1) is 6.61 Å². The van der Waals surface area contributed by atoms with Gasteiger partial charge in [-0.2, -0.15) is 0 Å². The van der Waals surface area contributed by atoms with Crippen LogP contribution in [-0.2, 0) is 6.54 Å². The van der Waals surface area contributed by atoms with Gasteiger partial charge in [-0.05, 0) is 50.1 Å². The monoisotopic (exact) mass is 269 g/mol. The third-order valence-electron chi connectivity index (χ3n) is 3.21. The molecule has 0 bridgehead atoms. The summed E-state index contributed by atoms with van der Waals surface area (Å²) in [6.45, 7) is 6.84. The van der Waals surface area contributed by atoms with Crippen LogP contribution in [0.15, 0.2) is 48.5 Å². The van der Waals surface area contributed by atoms with Gasteiger partial charge in [-0.15, -0.1) is 0 Å². The first-order valence-electron chi connectivity index (χ1n) is 7.20. The van der Waals surface area contributed by atoms with Crippen LogP contribution in [0.3, 0.4) is 0 Å². The average Bonchev–Trinajstić information content (AvgIpc) is 2.45. The number of benzene rings is 2. The predicted molar refractivity (Wildman–Crippen MR) is 84.2 cm³/mol. The number of hydrogen-bond acceptors (Lipinski definition) is 2. The van der Waals surface area contributed by atoms with E-state index in [0.29, 0.717) is 0 Å². The summed E-state index contributed by atoms with van der Waals surface area (Å²) in [5, 5.41) is 3.44. The van der Waals surface area contributed by atoms with E-state index in [2.05, 4.69) is 55.6 Å². The van der Waals surface area contributed by atoms with Gasteiger partial charge in [-0.25, -0.2) is 0 Å². The summed E-state index contributed by atoms with van der Waals surface area (Å²) in [4.78, 5) is 0. The van der Waals surface area contributed by atoms with E-state index in [0.717, 1.165) is 31.9 Å². The van der Waals surface area contributed by atoms with Gasteiger partial charge in [-0.1, -0.05) is 42.0 Å². The quantitative estimate of drug-likeness (QED) is 0.771. The maximum Gasteiger partial charge on any atom is 0.119 e. The molecule has 0 aliphatic rings. The Morgan fingerprint density at radius 1 is 0.950 bits per heavy atom. The number of aryl methyl sites for hydroxylation is 2. The molecule has 0 atom stereocenters. The highest BCUT2D eigenvalue weighted by Gasteiger charge is 1.95. The second-order valence-electron chi connectivity index (χ2n) is 5.18. The minimum atomic E-state index is 0.754. The van der Waals surface area contributed by atoms with E-state index < -0.39 is 0 Å². The third kappa shape index (κ3) is 5.06. The molecule has 0 spiro atoms. The van der Waals surface area contributed by atoms with Crippen molar-refractivity contribution in [3.63, 3.8) is 0 Å². The van der Waals surface area contributed by atoms with E-state index in [9.17, 15) is 0 Å². The van der Waals surface area contributed by atoms with Crippen LogP contribution in [-0.4, -0.2) is 13.2 Å². The summed E-state index contributed by atoms with van der Waals surface area (Å²) in [5.41, 5.74) is 3.87. The van der Waals surface area contributed by atoms with E-state index in [-0.39, 0.29) is 0 Å². The SMILES string of the molecule is Cc1ccc(CNCCCOc2cccc(C)c2)cc1. The molecule has 0 radical (unpaired) electrons. The Balaban J connectivity index is 1.59. The van der Waals surface area contributed by atoms with Crippen molar-refractivity contribution in [2.45, 2.75) is 26.8 Å². The normalized spacial score (nSPS) is 10.5. The lowest BCUT2D eigenvalue weighted by molar-refractivity contribution is 0.308. The third-order valence-corrected chi connectivity index (χ3v) is 3.21. The standard InChI is InChI=1S/C18H23NO/c1-15-7-9-17(10-8-15)14-19-11-4-12-20-18-6-3-5-16(2)13-18/h3,5-10,13,19H,4,11-12,14H2,1-2H3. The van der Waals surface area contributed by atoms with E-state index in [4.69, 9.17) is 4.74 Å². The van der Waals surface area contributed by atoms with E-state index in [1.807, 2.05) is 12.1 Å². The lowest BCUT2D eigenvalue weighted by Crippen LogP contribution is -2.17. The highest BCUT2D eigenvalue weighted by Crippen LogP contribution is 2.12. The van der Waals surface area contributed by atoms with Crippen LogP contribution >= 0.6 is 0 Å². The fourth-order valence-electron chi connectivity index (χ4n) is 2.03. The molecule has 0 amide bonds. The topological polar surface area (TPSA) is 21.3 Å². The smallest absolute Gasteiger partial charge is 0.119 e. The summed E-state index contributed by atoms with van der Waals surface area (Å²) in [7, 11) is 0. The van der Waals surface area contributed by atoms with Crippen LogP contribution in [0.1, 0.15) is 23.1 Å². The van der Waals surface area contributed by atoms with Crippen molar-refractivity contribution in [2.75, 3.05) is 13.2 Å². The zero-order chi connectivity index (χ0) is 14.2. The van der Waals surface area contributed by atoms with Crippen LogP contribution in [0.4, 0.5) is 0 Å². The van der Waals surface area contributed by atoms with Crippen molar-refractivity contribution in [1.29, 1.82) is 0 Å². The molecule has 0 heterocycles. The van der Waals surface area contributed by atoms with Gasteiger partial charge < -0.3 is 10.1 Å². The van der Waals surface area contributed by atoms with Crippen molar-refractivity contribution in [3.8, 4) is 5.75 Å². The molecule has 0 saturated carbocycles. The van der Waals surface area contributed by atoms with Crippen LogP contribution < -0.4 is 10.1 Å². The number of rotatable bonds is 7. The molecule has 0 saturated heterocycles. The highest BCUT2D eigenvalue weighted by molar-refractivity contribution is 5.27. The molecule has 1 N–H and O–H groups in total. The first-order chi connectivity index (χ1) is 9.74. The molecule has 0 aliphatic heterocycles. The molecule has 2 aromatic rings. The van der Waals surface area contributed by atoms with Crippen molar-refractivity contribution in [2.24, 2.45) is 0 Å². The van der Waals surface area contributed by atoms with Gasteiger partial charge in [0.1, 0.15) is 5.75 Å². The van der Waals surface area contributed by atoms with E-state index >= 15 is 0 Å². The second kappa shape index (κ2) is 7.71. The Morgan fingerprint density at radius 3 is 2.50 bits per heavy atom. The fourth-order valence-corrected chi connectivity index (χ4v) is 2.03. The minimum absolute atomic E-state index is 0.754. The lowest BCUT2D eigenvalue weighted by atomic mass is 10.1. The largest absolute Gasteiger partial charge is 0.494 e. The van der Waals surface area contributed by atoms with Gasteiger partial charge in [-0.3, -0.25) is 0 Å². The molecule has 0 aromatic heterocycles. The molecule has 2 heteroatoms. The maximum atomic E-state index is 5.71. The first kappa shape index (κ1) is 14.6. The Labute approximate surface area is 121 Å². The molecule has 0 fully saturated rings. The molecular weight excluding hydrogens is 246 g/mol. The highest BCUT2D eigenvalue weighted by atomic mass is 16.5. The van der Waals surface area contributed by atoms with Crippen molar-refractivity contribution in [1.82, 2.24) is 5.32 Å². The van der Waals surface area contributed by atoms with Crippen molar-refractivity contribution < 1.29 is 4.74 Å². The summed E-state index contributed by atoms with van der Waals surface area (Å²) >= 11 is 0. The van der Waals surface area contributed by atoms with Gasteiger partial charge in [0.15, 0.2) is 0 Å². The van der Waals surface area contributed by atoms with E-state index in [1.165, 1.54) is 16.7 Å². The maximum absolute atomic E-state index is 5.71. The Bertz CT molecular complexity index is 519. The lowest BCUT2D eigenvalue weighted by Gasteiger charge is -2.08. The Morgan fingerprint density at radius 2 is 1.75 bits per heavy atom. The van der Waals surface area contributed by atoms with Gasteiger partial charge >= 0.3 is 0 Å². The van der Waals surface area contributed by atoms with Gasteiger partial charge in [0, 0.05) is 6.54 Å². The average molecular weight is 269 g/mol. The molecule has 2 nitrogen and oxygen atoms in total. The molecule has 20 heavy (non-hydrogen) atoms. The van der Waals surface area contributed by atoms with E-state index in [1.54, 1.807) is 0 Å². The summed E-state index contributed by atoms with van der Waals surface area (Å²) in [5.74, 6) is 0.962. The Hall–Kier alpha value is -1.80. The van der Waals surface area contributed by atoms with Crippen LogP contribution in [0, 0.1) is 13.8 Å². The van der Waals surface area contributed by atoms with Crippen LogP contribution in [0.5, 0.6) is 5.75 Å². The molecule has 0 aliphatic carbocycles. The van der Waals surface area contributed by atoms with Crippen LogP contribution in [0.25, 0.3) is 0 Å². The molecule has 106 valence electrons. The predicted octanol–water partition coefficient (Wildman–Crippen LogP) is 3.86. The minimum Gasteiger partial charge on any atom is -0.494 e. The van der Waals surface area contributed by atoms with Crippen molar-refractivity contribution in [3.05, 3.63) is 65.2 Å². The zero-order valence-electron chi connectivity index (χ0n) is 12.4. The molecule has 2 aromatic carbocycles. The fraction of sp³-hybridized carbons (Fsp3) is 0.333. The van der Waals surface area contributed by atoms with Crippen LogP contribution in [0.2, 0.25) is 0 Å². The number of nitrogens with one attached hydrogen (secondary N) is 1. The number of ether oxygens (including phenoxy) is 1. The molecular formula is C18H23NO. The Kier molecular flexibility index (Phi) is 5.63.